The van der Waals surface area contributed by atoms with Gasteiger partial charge >= 0.3 is 0 Å². The molecule has 1 atom stereocenters. The molecule has 0 spiro atoms. The average Bonchev–Trinajstić information content (AvgIpc) is 3.53. The lowest BCUT2D eigenvalue weighted by molar-refractivity contribution is -0.130. The van der Waals surface area contributed by atoms with E-state index in [1.54, 1.807) is 6.26 Å². The molecule has 5 rings (SSSR count). The van der Waals surface area contributed by atoms with Gasteiger partial charge in [-0.1, -0.05) is 41.9 Å². The van der Waals surface area contributed by atoms with E-state index in [0.717, 1.165) is 28.2 Å². The molecule has 0 bridgehead atoms. The van der Waals surface area contributed by atoms with Gasteiger partial charge in [-0.15, -0.1) is 0 Å². The number of amides is 1. The number of benzene rings is 2. The second-order valence-electron chi connectivity index (χ2n) is 7.33. The van der Waals surface area contributed by atoms with Crippen molar-refractivity contribution in [3.63, 3.8) is 0 Å². The van der Waals surface area contributed by atoms with Gasteiger partial charge < -0.3 is 4.42 Å². The van der Waals surface area contributed by atoms with Gasteiger partial charge in [0.15, 0.2) is 0 Å². The molecule has 7 heteroatoms. The van der Waals surface area contributed by atoms with Crippen LogP contribution in [0.25, 0.3) is 16.9 Å². The fourth-order valence-corrected chi connectivity index (χ4v) is 4.03. The van der Waals surface area contributed by atoms with Gasteiger partial charge in [0.1, 0.15) is 11.5 Å². The minimum atomic E-state index is -0.302. The van der Waals surface area contributed by atoms with E-state index in [1.807, 2.05) is 77.6 Å². The quantitative estimate of drug-likeness (QED) is 0.430. The topological polar surface area (TPSA) is 63.6 Å². The Morgan fingerprint density at radius 2 is 1.94 bits per heavy atom. The van der Waals surface area contributed by atoms with Gasteiger partial charge in [0, 0.05) is 35.7 Å². The Balaban J connectivity index is 1.63. The van der Waals surface area contributed by atoms with Gasteiger partial charge in [-0.3, -0.25) is 4.79 Å². The number of nitrogens with zero attached hydrogens (tertiary/aromatic N) is 4. The van der Waals surface area contributed by atoms with Crippen LogP contribution in [0.15, 0.2) is 88.7 Å². The van der Waals surface area contributed by atoms with E-state index in [-0.39, 0.29) is 11.9 Å². The summed E-state index contributed by atoms with van der Waals surface area (Å²) in [5.41, 5.74) is 4.20. The van der Waals surface area contributed by atoms with Crippen molar-refractivity contribution in [2.24, 2.45) is 5.10 Å². The molecule has 0 radical (unpaired) electrons. The fraction of sp³-hybridized carbons (Fsp3) is 0.125. The zero-order valence-electron chi connectivity index (χ0n) is 16.8. The number of halogens is 1. The lowest BCUT2D eigenvalue weighted by Gasteiger charge is -2.20. The summed E-state index contributed by atoms with van der Waals surface area (Å²) in [5.74, 6) is 0.518. The Morgan fingerprint density at radius 1 is 1.10 bits per heavy atom. The number of carbonyl (C=O) groups is 1. The van der Waals surface area contributed by atoms with Crippen LogP contribution in [0.1, 0.15) is 30.7 Å². The molecule has 1 amide bonds. The average molecular weight is 431 g/mol. The molecule has 0 fully saturated rings. The van der Waals surface area contributed by atoms with Gasteiger partial charge in [-0.05, 0) is 36.4 Å². The molecule has 6 nitrogen and oxygen atoms in total. The molecule has 1 aliphatic heterocycles. The van der Waals surface area contributed by atoms with Crippen LogP contribution < -0.4 is 0 Å². The third-order valence-corrected chi connectivity index (χ3v) is 5.49. The normalized spacial score (nSPS) is 15.9. The molecular weight excluding hydrogens is 412 g/mol. The number of rotatable bonds is 4. The predicted octanol–water partition coefficient (Wildman–Crippen LogP) is 5.48. The first-order valence-corrected chi connectivity index (χ1v) is 10.3. The highest BCUT2D eigenvalue weighted by atomic mass is 35.5. The zero-order chi connectivity index (χ0) is 21.4. The summed E-state index contributed by atoms with van der Waals surface area (Å²) in [6.07, 6.45) is 4.10. The summed E-state index contributed by atoms with van der Waals surface area (Å²) in [6, 6.07) is 20.8. The molecule has 2 aromatic carbocycles. The highest BCUT2D eigenvalue weighted by molar-refractivity contribution is 6.30. The Labute approximate surface area is 184 Å². The summed E-state index contributed by atoms with van der Waals surface area (Å²) >= 11 is 6.27. The second-order valence-corrected chi connectivity index (χ2v) is 7.77. The number of para-hydroxylation sites is 1. The number of hydrazone groups is 1. The first kappa shape index (κ1) is 19.3. The van der Waals surface area contributed by atoms with Crippen molar-refractivity contribution in [1.29, 1.82) is 0 Å². The number of hydrogen-bond acceptors (Lipinski definition) is 4. The van der Waals surface area contributed by atoms with Gasteiger partial charge in [0.05, 0.1) is 23.7 Å². The van der Waals surface area contributed by atoms with Crippen molar-refractivity contribution in [1.82, 2.24) is 14.8 Å². The molecule has 31 heavy (non-hydrogen) atoms. The van der Waals surface area contributed by atoms with Crippen LogP contribution in [0.5, 0.6) is 0 Å². The van der Waals surface area contributed by atoms with Crippen molar-refractivity contribution < 1.29 is 9.21 Å². The Morgan fingerprint density at radius 3 is 2.65 bits per heavy atom. The number of hydrogen-bond donors (Lipinski definition) is 0. The van der Waals surface area contributed by atoms with E-state index in [1.165, 1.54) is 11.9 Å². The van der Waals surface area contributed by atoms with Gasteiger partial charge in [-0.2, -0.15) is 10.2 Å². The van der Waals surface area contributed by atoms with E-state index >= 15 is 0 Å². The monoisotopic (exact) mass is 430 g/mol. The van der Waals surface area contributed by atoms with E-state index in [2.05, 4.69) is 5.10 Å². The number of carbonyl (C=O) groups excluding carboxylic acids is 1. The predicted molar refractivity (Wildman–Crippen MR) is 119 cm³/mol. The van der Waals surface area contributed by atoms with Crippen molar-refractivity contribution in [3.8, 4) is 16.9 Å². The standard InChI is InChI=1S/C24H19ClN4O2/c1-16(30)29-22(14-21(26-29)23-11-6-12-31-23)20-15-28(19-9-3-2-4-10-19)27-24(20)17-7-5-8-18(25)13-17/h2-13,15,22H,14H2,1H3/t22-/m1/s1. The minimum absolute atomic E-state index is 0.143. The lowest BCUT2D eigenvalue weighted by Crippen LogP contribution is -2.24. The minimum Gasteiger partial charge on any atom is -0.463 e. The van der Waals surface area contributed by atoms with Crippen LogP contribution in [0.2, 0.25) is 5.02 Å². The van der Waals surface area contributed by atoms with E-state index < -0.39 is 0 Å². The Hall–Kier alpha value is -3.64. The fourth-order valence-electron chi connectivity index (χ4n) is 3.84. The molecule has 2 aromatic heterocycles. The number of furan rings is 1. The van der Waals surface area contributed by atoms with Crippen LogP contribution in [0.3, 0.4) is 0 Å². The lowest BCUT2D eigenvalue weighted by atomic mass is 9.98. The van der Waals surface area contributed by atoms with Crippen LogP contribution in [0.4, 0.5) is 0 Å². The summed E-state index contributed by atoms with van der Waals surface area (Å²) in [4.78, 5) is 12.5. The molecule has 3 heterocycles. The molecule has 0 unspecified atom stereocenters. The molecule has 0 N–H and O–H groups in total. The van der Waals surface area contributed by atoms with Gasteiger partial charge in [0.2, 0.25) is 5.91 Å². The molecule has 0 saturated carbocycles. The van der Waals surface area contributed by atoms with E-state index in [0.29, 0.717) is 17.2 Å². The number of aromatic nitrogens is 2. The molecule has 154 valence electrons. The molecule has 1 aliphatic rings. The molecule has 0 saturated heterocycles. The molecule has 4 aromatic rings. The van der Waals surface area contributed by atoms with Crippen LogP contribution in [-0.4, -0.2) is 26.4 Å². The maximum Gasteiger partial charge on any atom is 0.240 e. The summed E-state index contributed by atoms with van der Waals surface area (Å²) < 4.78 is 7.36. The molecular formula is C24H19ClN4O2. The van der Waals surface area contributed by atoms with Gasteiger partial charge in [0.25, 0.3) is 0 Å². The van der Waals surface area contributed by atoms with Crippen LogP contribution >= 0.6 is 11.6 Å². The second kappa shape index (κ2) is 7.89. The zero-order valence-corrected chi connectivity index (χ0v) is 17.5. The summed E-state index contributed by atoms with van der Waals surface area (Å²) in [5, 5.41) is 11.6. The van der Waals surface area contributed by atoms with E-state index in [4.69, 9.17) is 21.1 Å². The Bertz CT molecular complexity index is 1260. The van der Waals surface area contributed by atoms with Crippen molar-refractivity contribution >= 4 is 23.2 Å². The SMILES string of the molecule is CC(=O)N1N=C(c2ccco2)C[C@@H]1c1cn(-c2ccccc2)nc1-c1cccc(Cl)c1. The van der Waals surface area contributed by atoms with Crippen molar-refractivity contribution in [2.45, 2.75) is 19.4 Å². The van der Waals surface area contributed by atoms with E-state index in [9.17, 15) is 4.79 Å². The van der Waals surface area contributed by atoms with Crippen molar-refractivity contribution in [3.05, 3.63) is 95.5 Å². The largest absolute Gasteiger partial charge is 0.463 e. The summed E-state index contributed by atoms with van der Waals surface area (Å²) in [6.45, 7) is 1.52. The van der Waals surface area contributed by atoms with Crippen LogP contribution in [0, 0.1) is 0 Å². The highest BCUT2D eigenvalue weighted by Crippen LogP contribution is 2.38. The smallest absolute Gasteiger partial charge is 0.240 e. The maximum absolute atomic E-state index is 12.5. The van der Waals surface area contributed by atoms with Crippen LogP contribution in [-0.2, 0) is 4.79 Å². The van der Waals surface area contributed by atoms with Gasteiger partial charge in [-0.25, -0.2) is 9.69 Å². The Kier molecular flexibility index (Phi) is 4.92. The first-order chi connectivity index (χ1) is 15.1. The third-order valence-electron chi connectivity index (χ3n) is 5.26. The first-order valence-electron chi connectivity index (χ1n) is 9.92. The molecule has 0 aliphatic carbocycles. The maximum atomic E-state index is 12.5. The van der Waals surface area contributed by atoms with Crippen molar-refractivity contribution in [2.75, 3.05) is 0 Å². The highest BCUT2D eigenvalue weighted by Gasteiger charge is 2.35. The third kappa shape index (κ3) is 3.66. The summed E-state index contributed by atoms with van der Waals surface area (Å²) in [7, 11) is 0.